The van der Waals surface area contributed by atoms with Crippen LogP contribution in [0.1, 0.15) is 40.8 Å². The maximum Gasteiger partial charge on any atom is 0.257 e. The number of hydrogen-bond acceptors (Lipinski definition) is 7. The topological polar surface area (TPSA) is 125 Å². The van der Waals surface area contributed by atoms with Crippen molar-refractivity contribution in [3.05, 3.63) is 53.8 Å². The average Bonchev–Trinajstić information content (AvgIpc) is 3.43. The van der Waals surface area contributed by atoms with Crippen LogP contribution in [-0.2, 0) is 16.6 Å². The molecule has 3 aromatic rings. The van der Waals surface area contributed by atoms with Crippen molar-refractivity contribution in [3.8, 4) is 11.3 Å². The molecule has 164 valence electrons. The van der Waals surface area contributed by atoms with E-state index in [1.54, 1.807) is 7.05 Å². The number of rotatable bonds is 6. The molecule has 0 bridgehead atoms. The summed E-state index contributed by atoms with van der Waals surface area (Å²) in [5.41, 5.74) is 1.99. The maximum atomic E-state index is 13.0. The molecule has 3 heterocycles. The molecule has 11 heteroatoms. The van der Waals surface area contributed by atoms with E-state index in [-0.39, 0.29) is 18.4 Å². The SMILES string of the molecule is CN(Cc1nc(C2CCN(S(C)(=O)=O)CC2)no1)C(=O)c1cn[nH]c1-c1ccccc1. The van der Waals surface area contributed by atoms with Crippen LogP contribution in [0.4, 0.5) is 0 Å². The summed E-state index contributed by atoms with van der Waals surface area (Å²) < 4.78 is 30.1. The van der Waals surface area contributed by atoms with Gasteiger partial charge in [-0.2, -0.15) is 10.1 Å². The molecule has 2 aromatic heterocycles. The predicted octanol–water partition coefficient (Wildman–Crippen LogP) is 1.87. The summed E-state index contributed by atoms with van der Waals surface area (Å²) in [5.74, 6) is 0.710. The van der Waals surface area contributed by atoms with E-state index in [1.165, 1.54) is 21.7 Å². The lowest BCUT2D eigenvalue weighted by Gasteiger charge is -2.28. The minimum Gasteiger partial charge on any atom is -0.337 e. The first-order valence-electron chi connectivity index (χ1n) is 9.95. The Morgan fingerprint density at radius 2 is 1.97 bits per heavy atom. The van der Waals surface area contributed by atoms with E-state index in [9.17, 15) is 13.2 Å². The molecular formula is C20H24N6O4S. The number of carbonyl (C=O) groups is 1. The Hall–Kier alpha value is -3.05. The van der Waals surface area contributed by atoms with Crippen LogP contribution in [0, 0.1) is 0 Å². The molecule has 4 rings (SSSR count). The number of benzene rings is 1. The van der Waals surface area contributed by atoms with E-state index in [0.717, 1.165) is 5.56 Å². The van der Waals surface area contributed by atoms with Gasteiger partial charge in [-0.25, -0.2) is 12.7 Å². The van der Waals surface area contributed by atoms with Gasteiger partial charge in [-0.1, -0.05) is 35.5 Å². The molecule has 0 spiro atoms. The second-order valence-electron chi connectivity index (χ2n) is 7.67. The number of piperidine rings is 1. The molecule has 1 aromatic carbocycles. The molecule has 1 amide bonds. The van der Waals surface area contributed by atoms with Crippen LogP contribution in [0.15, 0.2) is 41.1 Å². The van der Waals surface area contributed by atoms with Crippen molar-refractivity contribution < 1.29 is 17.7 Å². The number of hydrogen-bond donors (Lipinski definition) is 1. The lowest BCUT2D eigenvalue weighted by atomic mass is 9.98. The molecular weight excluding hydrogens is 420 g/mol. The van der Waals surface area contributed by atoms with Crippen molar-refractivity contribution in [2.75, 3.05) is 26.4 Å². The second-order valence-corrected chi connectivity index (χ2v) is 9.65. The van der Waals surface area contributed by atoms with Gasteiger partial charge in [0.05, 0.1) is 30.3 Å². The molecule has 31 heavy (non-hydrogen) atoms. The fraction of sp³-hybridized carbons (Fsp3) is 0.400. The van der Waals surface area contributed by atoms with Crippen LogP contribution >= 0.6 is 0 Å². The second kappa shape index (κ2) is 8.60. The Morgan fingerprint density at radius 1 is 1.26 bits per heavy atom. The third-order valence-corrected chi connectivity index (χ3v) is 6.73. The van der Waals surface area contributed by atoms with Crippen molar-refractivity contribution in [1.82, 2.24) is 29.5 Å². The highest BCUT2D eigenvalue weighted by molar-refractivity contribution is 7.88. The third kappa shape index (κ3) is 4.67. The normalized spacial score (nSPS) is 15.8. The molecule has 1 aliphatic heterocycles. The predicted molar refractivity (Wildman–Crippen MR) is 113 cm³/mol. The van der Waals surface area contributed by atoms with Crippen LogP contribution in [-0.4, -0.2) is 70.3 Å². The fourth-order valence-corrected chi connectivity index (χ4v) is 4.57. The Labute approximate surface area is 180 Å². The number of amides is 1. The Morgan fingerprint density at radius 3 is 2.65 bits per heavy atom. The van der Waals surface area contributed by atoms with Crippen molar-refractivity contribution in [2.24, 2.45) is 0 Å². The fourth-order valence-electron chi connectivity index (χ4n) is 3.70. The molecule has 0 saturated carbocycles. The first-order valence-corrected chi connectivity index (χ1v) is 11.8. The van der Waals surface area contributed by atoms with Gasteiger partial charge in [0.2, 0.25) is 15.9 Å². The molecule has 1 N–H and O–H groups in total. The van der Waals surface area contributed by atoms with E-state index < -0.39 is 10.0 Å². The number of carbonyl (C=O) groups excluding carboxylic acids is 1. The Balaban J connectivity index is 1.41. The van der Waals surface area contributed by atoms with E-state index in [4.69, 9.17) is 4.52 Å². The minimum absolute atomic E-state index is 0.0371. The third-order valence-electron chi connectivity index (χ3n) is 5.42. The van der Waals surface area contributed by atoms with Gasteiger partial charge in [0.1, 0.15) is 0 Å². The number of nitrogens with zero attached hydrogens (tertiary/aromatic N) is 5. The van der Waals surface area contributed by atoms with Crippen LogP contribution in [0.2, 0.25) is 0 Å². The van der Waals surface area contributed by atoms with Crippen LogP contribution < -0.4 is 0 Å². The number of aromatic nitrogens is 4. The monoisotopic (exact) mass is 444 g/mol. The molecule has 1 fully saturated rings. The number of nitrogens with one attached hydrogen (secondary N) is 1. The van der Waals surface area contributed by atoms with Gasteiger partial charge in [0, 0.05) is 31.6 Å². The van der Waals surface area contributed by atoms with Crippen LogP contribution in [0.25, 0.3) is 11.3 Å². The van der Waals surface area contributed by atoms with Gasteiger partial charge in [0.15, 0.2) is 5.82 Å². The highest BCUT2D eigenvalue weighted by atomic mass is 32.2. The molecule has 1 aliphatic rings. The molecule has 0 radical (unpaired) electrons. The average molecular weight is 445 g/mol. The zero-order valence-corrected chi connectivity index (χ0v) is 18.2. The van der Waals surface area contributed by atoms with Crippen molar-refractivity contribution in [2.45, 2.75) is 25.3 Å². The van der Waals surface area contributed by atoms with Crippen molar-refractivity contribution >= 4 is 15.9 Å². The summed E-state index contributed by atoms with van der Waals surface area (Å²) in [4.78, 5) is 18.9. The highest BCUT2D eigenvalue weighted by Gasteiger charge is 2.29. The molecule has 0 atom stereocenters. The summed E-state index contributed by atoms with van der Waals surface area (Å²) in [6.07, 6.45) is 4.00. The molecule has 0 unspecified atom stereocenters. The molecule has 1 saturated heterocycles. The van der Waals surface area contributed by atoms with Crippen LogP contribution in [0.5, 0.6) is 0 Å². The van der Waals surface area contributed by atoms with Crippen molar-refractivity contribution in [1.29, 1.82) is 0 Å². The minimum atomic E-state index is -3.18. The standard InChI is InChI=1S/C20H24N6O4S/c1-25(20(27)16-12-21-23-18(16)14-6-4-3-5-7-14)13-17-22-19(24-30-17)15-8-10-26(11-9-15)31(2,28)29/h3-7,12,15H,8-11,13H2,1-2H3,(H,21,23). The van der Waals surface area contributed by atoms with E-state index >= 15 is 0 Å². The summed E-state index contributed by atoms with van der Waals surface area (Å²) in [6.45, 7) is 1.04. The van der Waals surface area contributed by atoms with Gasteiger partial charge in [-0.05, 0) is 12.8 Å². The molecule has 0 aliphatic carbocycles. The lowest BCUT2D eigenvalue weighted by Crippen LogP contribution is -2.37. The largest absolute Gasteiger partial charge is 0.337 e. The van der Waals surface area contributed by atoms with Gasteiger partial charge in [-0.3, -0.25) is 9.89 Å². The zero-order chi connectivity index (χ0) is 22.0. The summed E-state index contributed by atoms with van der Waals surface area (Å²) >= 11 is 0. The van der Waals surface area contributed by atoms with E-state index in [0.29, 0.717) is 48.9 Å². The Bertz CT molecular complexity index is 1150. The van der Waals surface area contributed by atoms with Gasteiger partial charge in [-0.15, -0.1) is 0 Å². The maximum absolute atomic E-state index is 13.0. The number of sulfonamides is 1. The Kier molecular flexibility index (Phi) is 5.88. The first kappa shape index (κ1) is 21.2. The van der Waals surface area contributed by atoms with Gasteiger partial charge < -0.3 is 9.42 Å². The van der Waals surface area contributed by atoms with Crippen molar-refractivity contribution in [3.63, 3.8) is 0 Å². The number of H-pyrrole nitrogens is 1. The van der Waals surface area contributed by atoms with Crippen LogP contribution in [0.3, 0.4) is 0 Å². The number of aromatic amines is 1. The smallest absolute Gasteiger partial charge is 0.257 e. The lowest BCUT2D eigenvalue weighted by molar-refractivity contribution is 0.0770. The van der Waals surface area contributed by atoms with E-state index in [1.807, 2.05) is 30.3 Å². The summed E-state index contributed by atoms with van der Waals surface area (Å²) in [7, 11) is -1.51. The van der Waals surface area contributed by atoms with Gasteiger partial charge in [0.25, 0.3) is 5.91 Å². The zero-order valence-electron chi connectivity index (χ0n) is 17.4. The summed E-state index contributed by atoms with van der Waals surface area (Å²) in [6, 6.07) is 9.52. The van der Waals surface area contributed by atoms with E-state index in [2.05, 4.69) is 20.3 Å². The first-order chi connectivity index (χ1) is 14.8. The van der Waals surface area contributed by atoms with Gasteiger partial charge >= 0.3 is 0 Å². The summed E-state index contributed by atoms with van der Waals surface area (Å²) in [5, 5.41) is 11.0. The quantitative estimate of drug-likeness (QED) is 0.615. The molecule has 10 nitrogen and oxygen atoms in total. The highest BCUT2D eigenvalue weighted by Crippen LogP contribution is 2.27.